The maximum Gasteiger partial charge on any atom is 0.410 e. The minimum Gasteiger partial charge on any atom is -0.469 e. The number of imidazole rings is 1. The van der Waals surface area contributed by atoms with E-state index < -0.39 is 23.3 Å². The van der Waals surface area contributed by atoms with Crippen LogP contribution in [0.15, 0.2) is 30.6 Å². The fraction of sp³-hybridized carbons (Fsp3) is 0.429. The molecule has 1 aliphatic rings. The first kappa shape index (κ1) is 27.9. The third kappa shape index (κ3) is 5.68. The number of nitriles is 1. The van der Waals surface area contributed by atoms with Crippen molar-refractivity contribution in [2.24, 2.45) is 0 Å². The van der Waals surface area contributed by atoms with Crippen LogP contribution in [0.2, 0.25) is 0 Å². The standard InChI is InChI=1S/C28H30F2N8O3/c1-16-25(34-35-38(16)20-6-8-36(9-7-20)27(39)41-28(3,4)5)18-10-23-32-15-21(13-31)37(23)24(11-18)40-17(2)26-22(30)12-19(29)14-33-26/h10-12,14-15,17,20H,6-9H2,1-5H3. The summed E-state index contributed by atoms with van der Waals surface area (Å²) in [5.74, 6) is -1.42. The zero-order valence-corrected chi connectivity index (χ0v) is 23.4. The first-order valence-corrected chi connectivity index (χ1v) is 13.2. The lowest BCUT2D eigenvalue weighted by atomic mass is 10.0. The number of carbonyl (C=O) groups excluding carboxylic acids is 1. The predicted octanol–water partition coefficient (Wildman–Crippen LogP) is 5.16. The lowest BCUT2D eigenvalue weighted by Crippen LogP contribution is -2.42. The van der Waals surface area contributed by atoms with Crippen LogP contribution < -0.4 is 4.74 Å². The summed E-state index contributed by atoms with van der Waals surface area (Å²) in [4.78, 5) is 22.4. The Balaban J connectivity index is 1.42. The summed E-state index contributed by atoms with van der Waals surface area (Å²) in [7, 11) is 0. The molecule has 4 aromatic heterocycles. The van der Waals surface area contributed by atoms with Crippen molar-refractivity contribution >= 4 is 11.7 Å². The van der Waals surface area contributed by atoms with Crippen molar-refractivity contribution in [2.45, 2.75) is 65.2 Å². The fourth-order valence-corrected chi connectivity index (χ4v) is 4.92. The number of nitrogens with zero attached hydrogens (tertiary/aromatic N) is 8. The van der Waals surface area contributed by atoms with Crippen molar-refractivity contribution in [2.75, 3.05) is 13.1 Å². The van der Waals surface area contributed by atoms with Crippen LogP contribution in [0.4, 0.5) is 13.6 Å². The van der Waals surface area contributed by atoms with Crippen LogP contribution in [0.1, 0.15) is 69.8 Å². The van der Waals surface area contributed by atoms with E-state index >= 15 is 0 Å². The maximum absolute atomic E-state index is 14.4. The van der Waals surface area contributed by atoms with E-state index in [-0.39, 0.29) is 29.4 Å². The quantitative estimate of drug-likeness (QED) is 0.326. The van der Waals surface area contributed by atoms with Gasteiger partial charge >= 0.3 is 6.09 Å². The van der Waals surface area contributed by atoms with Gasteiger partial charge in [0.1, 0.15) is 46.3 Å². The molecule has 41 heavy (non-hydrogen) atoms. The summed E-state index contributed by atoms with van der Waals surface area (Å²) in [6.07, 6.45) is 2.48. The number of ether oxygens (including phenoxy) is 2. The second-order valence-electron chi connectivity index (χ2n) is 11.0. The first-order chi connectivity index (χ1) is 19.4. The third-order valence-electron chi connectivity index (χ3n) is 6.87. The zero-order chi connectivity index (χ0) is 29.5. The van der Waals surface area contributed by atoms with E-state index in [0.717, 1.165) is 18.0 Å². The van der Waals surface area contributed by atoms with E-state index in [1.807, 2.05) is 32.4 Å². The van der Waals surface area contributed by atoms with E-state index in [4.69, 9.17) is 9.47 Å². The summed E-state index contributed by atoms with van der Waals surface area (Å²) >= 11 is 0. The van der Waals surface area contributed by atoms with Crippen molar-refractivity contribution in [3.8, 4) is 23.2 Å². The summed E-state index contributed by atoms with van der Waals surface area (Å²) in [5.41, 5.74) is 2.04. The summed E-state index contributed by atoms with van der Waals surface area (Å²) in [6, 6.07) is 6.30. The van der Waals surface area contributed by atoms with Crippen LogP contribution in [0.3, 0.4) is 0 Å². The molecule has 0 spiro atoms. The van der Waals surface area contributed by atoms with Gasteiger partial charge in [0.2, 0.25) is 5.88 Å². The highest BCUT2D eigenvalue weighted by Crippen LogP contribution is 2.33. The average molecular weight is 565 g/mol. The van der Waals surface area contributed by atoms with Crippen molar-refractivity contribution < 1.29 is 23.0 Å². The number of pyridine rings is 2. The number of halogens is 2. The largest absolute Gasteiger partial charge is 0.469 e. The third-order valence-corrected chi connectivity index (χ3v) is 6.87. The van der Waals surface area contributed by atoms with Gasteiger partial charge in [0.05, 0.1) is 24.1 Å². The molecule has 1 atom stereocenters. The Morgan fingerprint density at radius 1 is 1.15 bits per heavy atom. The molecule has 0 saturated carbocycles. The lowest BCUT2D eigenvalue weighted by Gasteiger charge is -2.33. The zero-order valence-electron chi connectivity index (χ0n) is 23.4. The number of aromatic nitrogens is 6. The average Bonchev–Trinajstić information content (AvgIpc) is 3.51. The molecule has 1 saturated heterocycles. The molecule has 0 aromatic carbocycles. The molecule has 1 unspecified atom stereocenters. The highest BCUT2D eigenvalue weighted by atomic mass is 19.1. The number of piperidine rings is 1. The summed E-state index contributed by atoms with van der Waals surface area (Å²) < 4.78 is 42.8. The van der Waals surface area contributed by atoms with Gasteiger partial charge in [-0.25, -0.2) is 23.2 Å². The van der Waals surface area contributed by atoms with Crippen LogP contribution >= 0.6 is 0 Å². The molecule has 0 aliphatic carbocycles. The van der Waals surface area contributed by atoms with Crippen LogP contribution in [0.5, 0.6) is 5.88 Å². The Kier molecular flexibility index (Phi) is 7.33. The second-order valence-corrected chi connectivity index (χ2v) is 11.0. The number of hydrogen-bond donors (Lipinski definition) is 0. The molecule has 11 nitrogen and oxygen atoms in total. The predicted molar refractivity (Wildman–Crippen MR) is 143 cm³/mol. The van der Waals surface area contributed by atoms with Crippen molar-refractivity contribution in [1.29, 1.82) is 5.26 Å². The molecule has 1 fully saturated rings. The molecule has 0 N–H and O–H groups in total. The van der Waals surface area contributed by atoms with Crippen LogP contribution in [-0.4, -0.2) is 59.0 Å². The molecule has 1 amide bonds. The van der Waals surface area contributed by atoms with Crippen molar-refractivity contribution in [1.82, 2.24) is 34.3 Å². The number of amides is 1. The maximum atomic E-state index is 14.4. The fourth-order valence-electron chi connectivity index (χ4n) is 4.92. The van der Waals surface area contributed by atoms with Crippen LogP contribution in [0.25, 0.3) is 16.9 Å². The first-order valence-electron chi connectivity index (χ1n) is 13.2. The van der Waals surface area contributed by atoms with E-state index in [0.29, 0.717) is 42.8 Å². The molecule has 0 radical (unpaired) electrons. The molecule has 5 rings (SSSR count). The molecule has 13 heteroatoms. The van der Waals surface area contributed by atoms with Gasteiger partial charge in [-0.15, -0.1) is 5.10 Å². The molecule has 5 heterocycles. The topological polar surface area (TPSA) is 123 Å². The monoisotopic (exact) mass is 564 g/mol. The molecule has 214 valence electrons. The number of rotatable bonds is 5. The smallest absolute Gasteiger partial charge is 0.410 e. The molecule has 4 aromatic rings. The van der Waals surface area contributed by atoms with E-state index in [2.05, 4.69) is 26.3 Å². The van der Waals surface area contributed by atoms with Gasteiger partial charge in [-0.05, 0) is 53.5 Å². The normalized spacial score (nSPS) is 15.1. The number of hydrogen-bond acceptors (Lipinski definition) is 8. The SMILES string of the molecule is Cc1c(-c2cc(OC(C)c3ncc(F)cc3F)n3c(C#N)cnc3c2)nnn1C1CCN(C(=O)OC(C)(C)C)CC1. The Labute approximate surface area is 235 Å². The van der Waals surface area contributed by atoms with Gasteiger partial charge < -0.3 is 14.4 Å². The molecular weight excluding hydrogens is 534 g/mol. The summed E-state index contributed by atoms with van der Waals surface area (Å²) in [5, 5.41) is 18.5. The summed E-state index contributed by atoms with van der Waals surface area (Å²) in [6.45, 7) is 10.1. The minimum absolute atomic E-state index is 0.0403. The number of fused-ring (bicyclic) bond motifs is 1. The van der Waals surface area contributed by atoms with Gasteiger partial charge in [-0.1, -0.05) is 5.21 Å². The highest BCUT2D eigenvalue weighted by molar-refractivity contribution is 5.69. The van der Waals surface area contributed by atoms with Gasteiger partial charge in [-0.3, -0.25) is 9.38 Å². The Morgan fingerprint density at radius 2 is 1.88 bits per heavy atom. The van der Waals surface area contributed by atoms with E-state index in [1.54, 1.807) is 24.0 Å². The number of likely N-dealkylation sites (tertiary alicyclic amines) is 1. The number of carbonyl (C=O) groups is 1. The van der Waals surface area contributed by atoms with E-state index in [1.165, 1.54) is 10.6 Å². The van der Waals surface area contributed by atoms with Crippen LogP contribution in [-0.2, 0) is 4.74 Å². The Morgan fingerprint density at radius 3 is 2.54 bits per heavy atom. The molecule has 1 aliphatic heterocycles. The molecular formula is C28H30F2N8O3. The van der Waals surface area contributed by atoms with Crippen molar-refractivity contribution in [3.05, 3.63) is 59.3 Å². The van der Waals surface area contributed by atoms with Crippen LogP contribution in [0, 0.1) is 29.9 Å². The Hall–Kier alpha value is -4.60. The highest BCUT2D eigenvalue weighted by Gasteiger charge is 2.29. The lowest BCUT2D eigenvalue weighted by molar-refractivity contribution is 0.0183. The van der Waals surface area contributed by atoms with Gasteiger partial charge in [0.25, 0.3) is 0 Å². The molecule has 0 bridgehead atoms. The van der Waals surface area contributed by atoms with Crippen molar-refractivity contribution in [3.63, 3.8) is 0 Å². The van der Waals surface area contributed by atoms with Gasteiger partial charge in [0.15, 0.2) is 5.82 Å². The van der Waals surface area contributed by atoms with Gasteiger partial charge in [-0.2, -0.15) is 5.26 Å². The minimum atomic E-state index is -0.907. The Bertz CT molecular complexity index is 1640. The van der Waals surface area contributed by atoms with Gasteiger partial charge in [0, 0.05) is 30.8 Å². The van der Waals surface area contributed by atoms with E-state index in [9.17, 15) is 18.8 Å². The second kappa shape index (κ2) is 10.8.